The van der Waals surface area contributed by atoms with E-state index in [0.717, 1.165) is 36.6 Å². The van der Waals surface area contributed by atoms with Gasteiger partial charge in [-0.15, -0.1) is 11.6 Å². The highest BCUT2D eigenvalue weighted by Crippen LogP contribution is 2.31. The second-order valence-corrected chi connectivity index (χ2v) is 6.25. The van der Waals surface area contributed by atoms with Gasteiger partial charge in [0.25, 0.3) is 0 Å². The largest absolute Gasteiger partial charge is 0.349 e. The third-order valence-corrected chi connectivity index (χ3v) is 4.96. The molecule has 0 aromatic heterocycles. The monoisotopic (exact) mass is 301 g/mol. The van der Waals surface area contributed by atoms with E-state index >= 15 is 0 Å². The van der Waals surface area contributed by atoms with Crippen LogP contribution in [0, 0.1) is 0 Å². The Labute approximate surface area is 130 Å². The Morgan fingerprint density at radius 3 is 2.57 bits per heavy atom. The van der Waals surface area contributed by atoms with Gasteiger partial charge in [-0.2, -0.15) is 0 Å². The molecular weight excluding hydrogens is 282 g/mol. The van der Waals surface area contributed by atoms with Crippen LogP contribution < -0.4 is 5.32 Å². The van der Waals surface area contributed by atoms with E-state index in [4.69, 9.17) is 11.6 Å². The van der Waals surface area contributed by atoms with Crippen LogP contribution in [0.25, 0.3) is 10.8 Å². The highest BCUT2D eigenvalue weighted by atomic mass is 35.5. The van der Waals surface area contributed by atoms with Gasteiger partial charge >= 0.3 is 0 Å². The fourth-order valence-corrected chi connectivity index (χ4v) is 3.64. The van der Waals surface area contributed by atoms with Gasteiger partial charge in [-0.3, -0.25) is 4.79 Å². The van der Waals surface area contributed by atoms with Crippen LogP contribution >= 0.6 is 11.6 Å². The van der Waals surface area contributed by atoms with Crippen molar-refractivity contribution >= 4 is 28.3 Å². The summed E-state index contributed by atoms with van der Waals surface area (Å²) in [7, 11) is 0. The van der Waals surface area contributed by atoms with E-state index < -0.39 is 0 Å². The average Bonchev–Trinajstić information content (AvgIpc) is 2.96. The van der Waals surface area contributed by atoms with Gasteiger partial charge in [0.2, 0.25) is 5.91 Å². The van der Waals surface area contributed by atoms with Crippen molar-refractivity contribution in [3.05, 3.63) is 48.0 Å². The predicted octanol–water partition coefficient (Wildman–Crippen LogP) is 4.05. The Balaban J connectivity index is 1.77. The van der Waals surface area contributed by atoms with Crippen molar-refractivity contribution in [2.75, 3.05) is 5.88 Å². The molecule has 0 unspecified atom stereocenters. The summed E-state index contributed by atoms with van der Waals surface area (Å²) in [5.74, 6) is 0.586. The number of carbonyl (C=O) groups excluding carboxylic acids is 1. The van der Waals surface area contributed by atoms with Crippen LogP contribution in [-0.2, 0) is 11.2 Å². The standard InChI is InChI=1S/C18H20ClNO/c19-13-18(10-3-4-11-18)20-17(21)12-15-8-5-7-14-6-1-2-9-16(14)15/h1-2,5-9H,3-4,10-13H2,(H,20,21). The van der Waals surface area contributed by atoms with Gasteiger partial charge in [-0.25, -0.2) is 0 Å². The summed E-state index contributed by atoms with van der Waals surface area (Å²) < 4.78 is 0. The molecule has 110 valence electrons. The molecule has 0 aliphatic heterocycles. The van der Waals surface area contributed by atoms with Crippen LogP contribution in [0.2, 0.25) is 0 Å². The number of alkyl halides is 1. The number of carbonyl (C=O) groups is 1. The first-order chi connectivity index (χ1) is 10.2. The van der Waals surface area contributed by atoms with Gasteiger partial charge in [-0.05, 0) is 29.2 Å². The highest BCUT2D eigenvalue weighted by Gasteiger charge is 2.34. The van der Waals surface area contributed by atoms with E-state index in [1.807, 2.05) is 24.3 Å². The molecule has 2 nitrogen and oxygen atoms in total. The number of hydrogen-bond donors (Lipinski definition) is 1. The molecule has 3 heteroatoms. The van der Waals surface area contributed by atoms with Crippen LogP contribution in [-0.4, -0.2) is 17.3 Å². The van der Waals surface area contributed by atoms with Crippen molar-refractivity contribution in [1.29, 1.82) is 0 Å². The molecule has 2 aromatic carbocycles. The maximum absolute atomic E-state index is 12.4. The van der Waals surface area contributed by atoms with E-state index in [-0.39, 0.29) is 11.4 Å². The smallest absolute Gasteiger partial charge is 0.224 e. The van der Waals surface area contributed by atoms with Crippen molar-refractivity contribution in [2.45, 2.75) is 37.6 Å². The molecule has 0 saturated heterocycles. The number of halogens is 1. The van der Waals surface area contributed by atoms with Crippen LogP contribution in [0.15, 0.2) is 42.5 Å². The molecule has 0 atom stereocenters. The van der Waals surface area contributed by atoms with E-state index in [1.165, 1.54) is 5.39 Å². The van der Waals surface area contributed by atoms with Gasteiger partial charge in [0, 0.05) is 5.88 Å². The fourth-order valence-electron chi connectivity index (χ4n) is 3.30. The lowest BCUT2D eigenvalue weighted by molar-refractivity contribution is -0.122. The maximum Gasteiger partial charge on any atom is 0.224 e. The zero-order valence-electron chi connectivity index (χ0n) is 12.1. The van der Waals surface area contributed by atoms with Crippen molar-refractivity contribution < 1.29 is 4.79 Å². The molecule has 3 rings (SSSR count). The molecule has 1 aliphatic carbocycles. The van der Waals surface area contributed by atoms with Crippen molar-refractivity contribution in [1.82, 2.24) is 5.32 Å². The number of benzene rings is 2. The molecule has 1 fully saturated rings. The van der Waals surface area contributed by atoms with Gasteiger partial charge in [0.05, 0.1) is 12.0 Å². The highest BCUT2D eigenvalue weighted by molar-refractivity contribution is 6.18. The van der Waals surface area contributed by atoms with E-state index in [1.54, 1.807) is 0 Å². The van der Waals surface area contributed by atoms with Crippen LogP contribution in [0.1, 0.15) is 31.2 Å². The first kappa shape index (κ1) is 14.4. The van der Waals surface area contributed by atoms with Gasteiger partial charge < -0.3 is 5.32 Å². The summed E-state index contributed by atoms with van der Waals surface area (Å²) in [6, 6.07) is 14.3. The molecular formula is C18H20ClNO. The van der Waals surface area contributed by atoms with E-state index in [2.05, 4.69) is 23.5 Å². The molecule has 0 radical (unpaired) electrons. The molecule has 0 spiro atoms. The minimum Gasteiger partial charge on any atom is -0.349 e. The summed E-state index contributed by atoms with van der Waals surface area (Å²) >= 11 is 6.09. The molecule has 1 N–H and O–H groups in total. The average molecular weight is 302 g/mol. The third kappa shape index (κ3) is 3.06. The normalized spacial score (nSPS) is 17.0. The van der Waals surface area contributed by atoms with Gasteiger partial charge in [-0.1, -0.05) is 55.3 Å². The Hall–Kier alpha value is -1.54. The lowest BCUT2D eigenvalue weighted by atomic mass is 9.98. The number of fused-ring (bicyclic) bond motifs is 1. The zero-order chi connectivity index (χ0) is 14.7. The minimum atomic E-state index is -0.177. The zero-order valence-corrected chi connectivity index (χ0v) is 12.8. The van der Waals surface area contributed by atoms with Gasteiger partial charge in [0.1, 0.15) is 0 Å². The van der Waals surface area contributed by atoms with Crippen molar-refractivity contribution in [2.24, 2.45) is 0 Å². The number of rotatable bonds is 4. The molecule has 0 heterocycles. The Kier molecular flexibility index (Phi) is 4.16. The lowest BCUT2D eigenvalue weighted by Gasteiger charge is -2.28. The Bertz CT molecular complexity index is 641. The summed E-state index contributed by atoms with van der Waals surface area (Å²) in [5.41, 5.74) is 0.900. The molecule has 21 heavy (non-hydrogen) atoms. The predicted molar refractivity (Wildman–Crippen MR) is 87.7 cm³/mol. The second-order valence-electron chi connectivity index (χ2n) is 5.98. The van der Waals surface area contributed by atoms with E-state index in [9.17, 15) is 4.79 Å². The molecule has 0 bridgehead atoms. The molecule has 1 amide bonds. The number of nitrogens with one attached hydrogen (secondary N) is 1. The summed E-state index contributed by atoms with van der Waals surface area (Å²) in [5, 5.41) is 5.52. The van der Waals surface area contributed by atoms with Crippen LogP contribution in [0.4, 0.5) is 0 Å². The quantitative estimate of drug-likeness (QED) is 0.848. The van der Waals surface area contributed by atoms with Crippen molar-refractivity contribution in [3.8, 4) is 0 Å². The fraction of sp³-hybridized carbons (Fsp3) is 0.389. The molecule has 1 saturated carbocycles. The van der Waals surface area contributed by atoms with Crippen LogP contribution in [0.5, 0.6) is 0 Å². The SMILES string of the molecule is O=C(Cc1cccc2ccccc12)NC1(CCl)CCCC1. The summed E-state index contributed by atoms with van der Waals surface area (Å²) in [6.07, 6.45) is 4.72. The second kappa shape index (κ2) is 6.07. The van der Waals surface area contributed by atoms with Crippen LogP contribution in [0.3, 0.4) is 0 Å². The Morgan fingerprint density at radius 2 is 1.81 bits per heavy atom. The lowest BCUT2D eigenvalue weighted by Crippen LogP contribution is -2.48. The molecule has 2 aromatic rings. The van der Waals surface area contributed by atoms with E-state index in [0.29, 0.717) is 12.3 Å². The first-order valence-electron chi connectivity index (χ1n) is 7.56. The number of amides is 1. The molecule has 1 aliphatic rings. The topological polar surface area (TPSA) is 29.1 Å². The first-order valence-corrected chi connectivity index (χ1v) is 8.10. The Morgan fingerprint density at radius 1 is 1.10 bits per heavy atom. The summed E-state index contributed by atoms with van der Waals surface area (Å²) in [6.45, 7) is 0. The minimum absolute atomic E-state index is 0.0777. The summed E-state index contributed by atoms with van der Waals surface area (Å²) in [4.78, 5) is 12.4. The third-order valence-electron chi connectivity index (χ3n) is 4.45. The maximum atomic E-state index is 12.4. The number of hydrogen-bond acceptors (Lipinski definition) is 1. The van der Waals surface area contributed by atoms with Crippen molar-refractivity contribution in [3.63, 3.8) is 0 Å². The van der Waals surface area contributed by atoms with Gasteiger partial charge in [0.15, 0.2) is 0 Å².